The van der Waals surface area contributed by atoms with Crippen LogP contribution in [-0.4, -0.2) is 17.6 Å². The minimum atomic E-state index is 0.523. The fourth-order valence-electron chi connectivity index (χ4n) is 0. The van der Waals surface area contributed by atoms with Gasteiger partial charge in [-0.05, 0) is 0 Å². The summed E-state index contributed by atoms with van der Waals surface area (Å²) in [4.78, 5) is 0. The Kier molecular flexibility index (Phi) is 4.00. The van der Waals surface area contributed by atoms with Gasteiger partial charge in [-0.3, -0.25) is 0 Å². The van der Waals surface area contributed by atoms with Gasteiger partial charge in [-0.25, -0.2) is 0 Å². The summed E-state index contributed by atoms with van der Waals surface area (Å²) in [5.74, 6) is 2.07. The Morgan fingerprint density at radius 1 is 2.00 bits per heavy atom. The predicted octanol–water partition coefficient (Wildman–Crippen LogP) is 1.42. The second-order valence-electron chi connectivity index (χ2n) is 0.442. The van der Waals surface area contributed by atoms with Crippen molar-refractivity contribution in [2.24, 2.45) is 0 Å². The van der Waals surface area contributed by atoms with E-state index in [-0.39, 0.29) is 0 Å². The molecule has 0 aliphatic heterocycles. The summed E-state index contributed by atoms with van der Waals surface area (Å²) in [7, 11) is 0. The normalized spacial score (nSPS) is 7.60. The van der Waals surface area contributed by atoms with Gasteiger partial charge in [0.2, 0.25) is 0 Å². The number of rotatable bonds is 1. The molecule has 0 amide bonds. The molecular weight excluding hydrogens is 215 g/mol. The van der Waals surface area contributed by atoms with Crippen molar-refractivity contribution in [3.8, 4) is 0 Å². The van der Waals surface area contributed by atoms with Crippen LogP contribution in [0.3, 0.4) is 0 Å². The standard InChI is InChI=1S/C2H3BrSSe/c1-5-2(3)4/h1H3. The molecule has 0 atom stereocenters. The Bertz CT molecular complexity index is 44.9. The molecule has 0 unspecified atom stereocenters. The molecule has 0 aliphatic carbocycles. The van der Waals surface area contributed by atoms with Crippen molar-refractivity contribution in [3.05, 3.63) is 0 Å². The van der Waals surface area contributed by atoms with Crippen molar-refractivity contribution >= 4 is 45.8 Å². The van der Waals surface area contributed by atoms with Crippen LogP contribution < -0.4 is 0 Å². The zero-order valence-electron chi connectivity index (χ0n) is 2.69. The summed E-state index contributed by atoms with van der Waals surface area (Å²) < 4.78 is 0.963. The first-order valence-corrected chi connectivity index (χ1v) is 4.78. The molecule has 0 spiro atoms. The van der Waals surface area contributed by atoms with Gasteiger partial charge in [0.1, 0.15) is 0 Å². The molecule has 3 heteroatoms. The zero-order chi connectivity index (χ0) is 4.28. The first-order valence-electron chi connectivity index (χ1n) is 1.01. The van der Waals surface area contributed by atoms with Gasteiger partial charge in [0.15, 0.2) is 0 Å². The van der Waals surface area contributed by atoms with E-state index in [1.54, 1.807) is 0 Å². The average Bonchev–Trinajstić information content (AvgIpc) is 1.38. The maximum atomic E-state index is 4.64. The van der Waals surface area contributed by atoms with Crippen molar-refractivity contribution in [1.29, 1.82) is 0 Å². The molecule has 0 heterocycles. The summed E-state index contributed by atoms with van der Waals surface area (Å²) >= 11 is 8.30. The topological polar surface area (TPSA) is 0 Å². The van der Waals surface area contributed by atoms with Crippen LogP contribution in [0.15, 0.2) is 0 Å². The van der Waals surface area contributed by atoms with Crippen molar-refractivity contribution in [1.82, 2.24) is 0 Å². The molecule has 0 aromatic heterocycles. The van der Waals surface area contributed by atoms with Gasteiger partial charge in [-0.15, -0.1) is 0 Å². The number of thiocarbonyl (C=S) groups is 1. The van der Waals surface area contributed by atoms with Crippen LogP contribution in [-0.2, 0) is 0 Å². The van der Waals surface area contributed by atoms with Gasteiger partial charge in [0.25, 0.3) is 0 Å². The maximum absolute atomic E-state index is 4.64. The molecule has 0 aromatic rings. The van der Waals surface area contributed by atoms with E-state index in [9.17, 15) is 0 Å². The van der Waals surface area contributed by atoms with Crippen molar-refractivity contribution < 1.29 is 0 Å². The molecule has 0 aromatic carbocycles. The molecule has 0 saturated carbocycles. The predicted molar refractivity (Wildman–Crippen MR) is 33.1 cm³/mol. The van der Waals surface area contributed by atoms with Crippen LogP contribution in [0.2, 0.25) is 5.82 Å². The van der Waals surface area contributed by atoms with E-state index in [0.717, 1.165) is 2.67 Å². The van der Waals surface area contributed by atoms with Crippen LogP contribution in [0.25, 0.3) is 0 Å². The first kappa shape index (κ1) is 6.09. The van der Waals surface area contributed by atoms with Crippen molar-refractivity contribution in [3.63, 3.8) is 0 Å². The summed E-state index contributed by atoms with van der Waals surface area (Å²) in [6.07, 6.45) is 0. The second-order valence-corrected chi connectivity index (χ2v) is 5.65. The van der Waals surface area contributed by atoms with Gasteiger partial charge in [-0.1, -0.05) is 0 Å². The number of halogens is 1. The fourth-order valence-corrected chi connectivity index (χ4v) is 0. The molecule has 0 aliphatic rings. The molecule has 0 rings (SSSR count). The molecule has 0 fully saturated rings. The third-order valence-corrected chi connectivity index (χ3v) is 3.38. The summed E-state index contributed by atoms with van der Waals surface area (Å²) in [5, 5.41) is 0. The van der Waals surface area contributed by atoms with Gasteiger partial charge in [-0.2, -0.15) is 0 Å². The van der Waals surface area contributed by atoms with E-state index in [1.807, 2.05) is 0 Å². The molecule has 0 nitrogen and oxygen atoms in total. The van der Waals surface area contributed by atoms with Crippen LogP contribution >= 0.6 is 28.1 Å². The van der Waals surface area contributed by atoms with Crippen LogP contribution in [0, 0.1) is 0 Å². The Hall–Kier alpha value is 1.09. The number of hydrogen-bond acceptors (Lipinski definition) is 1. The summed E-state index contributed by atoms with van der Waals surface area (Å²) in [5.41, 5.74) is 0. The van der Waals surface area contributed by atoms with E-state index in [0.29, 0.717) is 15.0 Å². The average molecular weight is 218 g/mol. The molecule has 30 valence electrons. The first-order chi connectivity index (χ1) is 2.27. The Balaban J connectivity index is 2.85. The van der Waals surface area contributed by atoms with Crippen LogP contribution in [0.5, 0.6) is 0 Å². The molecule has 0 saturated heterocycles. The second kappa shape index (κ2) is 3.29. The van der Waals surface area contributed by atoms with Gasteiger partial charge in [0, 0.05) is 0 Å². The van der Waals surface area contributed by atoms with E-state index < -0.39 is 0 Å². The van der Waals surface area contributed by atoms with E-state index in [2.05, 4.69) is 34.0 Å². The quantitative estimate of drug-likeness (QED) is 0.364. The fraction of sp³-hybridized carbons (Fsp3) is 0.500. The molecular formula is C2H3BrSSe. The molecule has 0 bridgehead atoms. The number of hydrogen-bond donors (Lipinski definition) is 0. The van der Waals surface area contributed by atoms with Gasteiger partial charge in [0.05, 0.1) is 0 Å². The summed E-state index contributed by atoms with van der Waals surface area (Å²) in [6, 6.07) is 0. The van der Waals surface area contributed by atoms with Gasteiger partial charge < -0.3 is 0 Å². The molecule has 0 N–H and O–H groups in total. The van der Waals surface area contributed by atoms with E-state index in [4.69, 9.17) is 0 Å². The summed E-state index contributed by atoms with van der Waals surface area (Å²) in [6.45, 7) is 0. The van der Waals surface area contributed by atoms with Crippen LogP contribution in [0.4, 0.5) is 0 Å². The Morgan fingerprint density at radius 3 is 2.20 bits per heavy atom. The van der Waals surface area contributed by atoms with Crippen molar-refractivity contribution in [2.45, 2.75) is 5.82 Å². The van der Waals surface area contributed by atoms with Crippen molar-refractivity contribution in [2.75, 3.05) is 0 Å². The SMILES string of the molecule is C[Se]C(=S)Br. The Labute approximate surface area is 51.6 Å². The molecule has 0 radical (unpaired) electrons. The zero-order valence-corrected chi connectivity index (χ0v) is 6.81. The van der Waals surface area contributed by atoms with Gasteiger partial charge >= 0.3 is 51.6 Å². The Morgan fingerprint density at radius 2 is 2.20 bits per heavy atom. The third kappa shape index (κ3) is 5.09. The third-order valence-electron chi connectivity index (χ3n) is 0.160. The van der Waals surface area contributed by atoms with E-state index in [1.165, 1.54) is 0 Å². The van der Waals surface area contributed by atoms with E-state index >= 15 is 0 Å². The minimum absolute atomic E-state index is 0.523. The molecule has 5 heavy (non-hydrogen) atoms. The van der Waals surface area contributed by atoms with Crippen LogP contribution in [0.1, 0.15) is 0 Å². The monoisotopic (exact) mass is 218 g/mol.